The zero-order valence-electron chi connectivity index (χ0n) is 8.95. The lowest BCUT2D eigenvalue weighted by Gasteiger charge is -2.25. The van der Waals surface area contributed by atoms with Crippen LogP contribution in [0.25, 0.3) is 0 Å². The number of nitrogens with two attached hydrogens (primary N) is 2. The molecule has 86 valence electrons. The van der Waals surface area contributed by atoms with Gasteiger partial charge in [-0.2, -0.15) is 0 Å². The van der Waals surface area contributed by atoms with Crippen molar-refractivity contribution in [1.82, 2.24) is 4.90 Å². The molecule has 1 atom stereocenters. The number of thioether (sulfide) groups is 1. The van der Waals surface area contributed by atoms with Gasteiger partial charge in [-0.1, -0.05) is 42.1 Å². The van der Waals surface area contributed by atoms with Crippen molar-refractivity contribution in [2.75, 3.05) is 0 Å². The van der Waals surface area contributed by atoms with E-state index in [1.54, 1.807) is 4.90 Å². The van der Waals surface area contributed by atoms with Crippen molar-refractivity contribution in [3.8, 4) is 0 Å². The topological polar surface area (TPSA) is 80.0 Å². The first-order valence-corrected chi connectivity index (χ1v) is 6.02. The van der Waals surface area contributed by atoms with E-state index in [-0.39, 0.29) is 6.17 Å². The molecule has 2 aliphatic heterocycles. The Balaban J connectivity index is 1.97. The van der Waals surface area contributed by atoms with Gasteiger partial charge < -0.3 is 11.5 Å². The number of fused-ring (bicyclic) bond motifs is 1. The molecule has 0 amide bonds. The number of amidine groups is 1. The van der Waals surface area contributed by atoms with Gasteiger partial charge in [0.1, 0.15) is 5.82 Å². The molecule has 2 aliphatic rings. The minimum Gasteiger partial charge on any atom is -0.384 e. The smallest absolute Gasteiger partial charge is 0.205 e. The van der Waals surface area contributed by atoms with Gasteiger partial charge in [-0.25, -0.2) is 14.9 Å². The summed E-state index contributed by atoms with van der Waals surface area (Å²) in [5.41, 5.74) is 12.7. The van der Waals surface area contributed by atoms with Crippen LogP contribution in [-0.2, 0) is 0 Å². The average molecular weight is 245 g/mol. The molecular weight excluding hydrogens is 234 g/mol. The highest BCUT2D eigenvalue weighted by atomic mass is 32.2. The number of rotatable bonds is 1. The van der Waals surface area contributed by atoms with Crippen LogP contribution in [0.3, 0.4) is 0 Å². The summed E-state index contributed by atoms with van der Waals surface area (Å²) in [6, 6.07) is 9.85. The van der Waals surface area contributed by atoms with Gasteiger partial charge in [-0.15, -0.1) is 0 Å². The SMILES string of the molecule is NC1=CSC2=NC(c3ccccc3)N=C(N)N12. The third-order valence-electron chi connectivity index (χ3n) is 2.55. The predicted molar refractivity (Wildman–Crippen MR) is 69.9 cm³/mol. The summed E-state index contributed by atoms with van der Waals surface area (Å²) in [4.78, 5) is 10.5. The average Bonchev–Trinajstić information content (AvgIpc) is 2.73. The fourth-order valence-electron chi connectivity index (χ4n) is 1.74. The highest BCUT2D eigenvalue weighted by Crippen LogP contribution is 2.31. The van der Waals surface area contributed by atoms with Crippen molar-refractivity contribution >= 4 is 22.9 Å². The van der Waals surface area contributed by atoms with E-state index in [2.05, 4.69) is 9.98 Å². The summed E-state index contributed by atoms with van der Waals surface area (Å²) < 4.78 is 0. The van der Waals surface area contributed by atoms with Gasteiger partial charge in [-0.3, -0.25) is 0 Å². The lowest BCUT2D eigenvalue weighted by molar-refractivity contribution is 0.654. The standard InChI is InChI=1S/C11H11N5S/c12-8-6-17-11-15-9(14-10(13)16(8)11)7-4-2-1-3-5-7/h1-6,9H,12H2,(H2,13,14). The summed E-state index contributed by atoms with van der Waals surface area (Å²) in [6.45, 7) is 0. The monoisotopic (exact) mass is 245 g/mol. The summed E-state index contributed by atoms with van der Waals surface area (Å²) in [6.07, 6.45) is -0.269. The Morgan fingerprint density at radius 2 is 1.88 bits per heavy atom. The lowest BCUT2D eigenvalue weighted by atomic mass is 10.2. The van der Waals surface area contributed by atoms with Crippen LogP contribution in [0.1, 0.15) is 11.7 Å². The first-order chi connectivity index (χ1) is 8.25. The van der Waals surface area contributed by atoms with Crippen LogP contribution in [0.2, 0.25) is 0 Å². The first-order valence-electron chi connectivity index (χ1n) is 5.14. The second-order valence-corrected chi connectivity index (χ2v) is 4.52. The van der Waals surface area contributed by atoms with Crippen molar-refractivity contribution < 1.29 is 0 Å². The molecule has 0 radical (unpaired) electrons. The third kappa shape index (κ3) is 1.66. The van der Waals surface area contributed by atoms with Gasteiger partial charge in [0.15, 0.2) is 11.3 Å². The number of hydrogen-bond acceptors (Lipinski definition) is 6. The van der Waals surface area contributed by atoms with Gasteiger partial charge in [0, 0.05) is 5.41 Å². The highest BCUT2D eigenvalue weighted by molar-refractivity contribution is 8.16. The highest BCUT2D eigenvalue weighted by Gasteiger charge is 2.29. The molecule has 6 heteroatoms. The number of benzene rings is 1. The van der Waals surface area contributed by atoms with Gasteiger partial charge in [0.05, 0.1) is 0 Å². The van der Waals surface area contributed by atoms with Crippen LogP contribution in [0.5, 0.6) is 0 Å². The van der Waals surface area contributed by atoms with Gasteiger partial charge in [-0.05, 0) is 5.56 Å². The molecule has 0 saturated carbocycles. The molecule has 0 saturated heterocycles. The van der Waals surface area contributed by atoms with Crippen LogP contribution in [0.4, 0.5) is 0 Å². The number of nitrogens with zero attached hydrogens (tertiary/aromatic N) is 3. The van der Waals surface area contributed by atoms with Crippen molar-refractivity contribution in [1.29, 1.82) is 0 Å². The van der Waals surface area contributed by atoms with Crippen LogP contribution in [0, 0.1) is 0 Å². The Hall–Kier alpha value is -1.95. The van der Waals surface area contributed by atoms with Crippen LogP contribution >= 0.6 is 11.8 Å². The maximum atomic E-state index is 5.90. The number of aliphatic imine (C=N–C) groups is 2. The van der Waals surface area contributed by atoms with E-state index >= 15 is 0 Å². The van der Waals surface area contributed by atoms with Crippen molar-refractivity contribution in [2.45, 2.75) is 6.17 Å². The first kappa shape index (κ1) is 10.2. The molecule has 0 aliphatic carbocycles. The largest absolute Gasteiger partial charge is 0.384 e. The molecule has 1 unspecified atom stereocenters. The summed E-state index contributed by atoms with van der Waals surface area (Å²) in [5, 5.41) is 2.60. The second kappa shape index (κ2) is 3.81. The second-order valence-electron chi connectivity index (χ2n) is 3.68. The third-order valence-corrected chi connectivity index (χ3v) is 3.41. The Labute approximate surface area is 103 Å². The van der Waals surface area contributed by atoms with Crippen LogP contribution < -0.4 is 11.5 Å². The van der Waals surface area contributed by atoms with Crippen molar-refractivity contribution in [2.24, 2.45) is 21.5 Å². The maximum Gasteiger partial charge on any atom is 0.205 e. The van der Waals surface area contributed by atoms with Gasteiger partial charge >= 0.3 is 0 Å². The normalized spacial score (nSPS) is 22.7. The molecule has 1 aromatic rings. The quantitative estimate of drug-likeness (QED) is 0.778. The summed E-state index contributed by atoms with van der Waals surface area (Å²) in [7, 11) is 0. The Kier molecular flexibility index (Phi) is 2.29. The van der Waals surface area contributed by atoms with Gasteiger partial charge in [0.25, 0.3) is 0 Å². The van der Waals surface area contributed by atoms with E-state index in [0.29, 0.717) is 11.8 Å². The van der Waals surface area contributed by atoms with Gasteiger partial charge in [0.2, 0.25) is 5.96 Å². The zero-order chi connectivity index (χ0) is 11.8. The molecule has 0 fully saturated rings. The molecular formula is C11H11N5S. The molecule has 17 heavy (non-hydrogen) atoms. The molecule has 0 bridgehead atoms. The van der Waals surface area contributed by atoms with Crippen LogP contribution in [0.15, 0.2) is 51.5 Å². The molecule has 4 N–H and O–H groups in total. The van der Waals surface area contributed by atoms with E-state index < -0.39 is 0 Å². The Morgan fingerprint density at radius 1 is 1.12 bits per heavy atom. The minimum atomic E-state index is -0.269. The van der Waals surface area contributed by atoms with E-state index in [1.807, 2.05) is 35.7 Å². The van der Waals surface area contributed by atoms with E-state index in [0.717, 1.165) is 10.7 Å². The van der Waals surface area contributed by atoms with E-state index in [4.69, 9.17) is 11.5 Å². The Morgan fingerprint density at radius 3 is 2.65 bits per heavy atom. The van der Waals surface area contributed by atoms with Crippen LogP contribution in [-0.4, -0.2) is 16.0 Å². The Bertz CT molecular complexity index is 534. The molecule has 1 aromatic carbocycles. The molecule has 0 aromatic heterocycles. The van der Waals surface area contributed by atoms with E-state index in [1.165, 1.54) is 11.8 Å². The maximum absolute atomic E-state index is 5.90. The van der Waals surface area contributed by atoms with E-state index in [9.17, 15) is 0 Å². The molecule has 3 rings (SSSR count). The number of hydrogen-bond donors (Lipinski definition) is 2. The minimum absolute atomic E-state index is 0.269. The van der Waals surface area contributed by atoms with Crippen molar-refractivity contribution in [3.63, 3.8) is 0 Å². The van der Waals surface area contributed by atoms with Crippen molar-refractivity contribution in [3.05, 3.63) is 47.1 Å². The lowest BCUT2D eigenvalue weighted by Crippen LogP contribution is -2.42. The summed E-state index contributed by atoms with van der Waals surface area (Å²) >= 11 is 1.46. The zero-order valence-corrected chi connectivity index (χ0v) is 9.76. The molecule has 0 spiro atoms. The fourth-order valence-corrected chi connectivity index (χ4v) is 2.53. The molecule has 5 nitrogen and oxygen atoms in total. The number of guanidine groups is 1. The fraction of sp³-hybridized carbons (Fsp3) is 0.0909. The summed E-state index contributed by atoms with van der Waals surface area (Å²) in [5.74, 6) is 0.962. The molecule has 2 heterocycles. The predicted octanol–water partition coefficient (Wildman–Crippen LogP) is 1.18.